The van der Waals surface area contributed by atoms with E-state index in [0.717, 1.165) is 55.0 Å². The zero-order valence-electron chi connectivity index (χ0n) is 14.5. The molecule has 0 bridgehead atoms. The van der Waals surface area contributed by atoms with Crippen LogP contribution in [0.3, 0.4) is 0 Å². The Morgan fingerprint density at radius 1 is 1.23 bits per heavy atom. The molecule has 1 saturated heterocycles. The number of fused-ring (bicyclic) bond motifs is 1. The summed E-state index contributed by atoms with van der Waals surface area (Å²) >= 11 is 0. The molecule has 1 aliphatic carbocycles. The first kappa shape index (κ1) is 15.5. The summed E-state index contributed by atoms with van der Waals surface area (Å²) < 4.78 is 7.20. The van der Waals surface area contributed by atoms with Crippen LogP contribution in [0.4, 0.5) is 0 Å². The first-order valence-corrected chi connectivity index (χ1v) is 9.30. The van der Waals surface area contributed by atoms with Crippen LogP contribution in [0.5, 0.6) is 0 Å². The predicted molar refractivity (Wildman–Crippen MR) is 93.7 cm³/mol. The van der Waals surface area contributed by atoms with Crippen molar-refractivity contribution in [1.82, 2.24) is 24.7 Å². The van der Waals surface area contributed by atoms with Crippen molar-refractivity contribution in [2.75, 3.05) is 13.1 Å². The van der Waals surface area contributed by atoms with Gasteiger partial charge in [-0.25, -0.2) is 4.52 Å². The second-order valence-corrected chi connectivity index (χ2v) is 7.32. The highest BCUT2D eigenvalue weighted by molar-refractivity contribution is 5.81. The van der Waals surface area contributed by atoms with Crippen molar-refractivity contribution in [3.63, 3.8) is 0 Å². The van der Waals surface area contributed by atoms with Gasteiger partial charge in [0.1, 0.15) is 0 Å². The second-order valence-electron chi connectivity index (χ2n) is 7.32. The summed E-state index contributed by atoms with van der Waals surface area (Å²) in [6.45, 7) is 1.46. The molecule has 5 rings (SSSR count). The minimum atomic E-state index is 0.138. The molecular weight excluding hydrogens is 330 g/mol. The number of aromatic nitrogens is 4. The van der Waals surface area contributed by atoms with E-state index in [1.54, 1.807) is 10.7 Å². The molecule has 2 aliphatic rings. The summed E-state index contributed by atoms with van der Waals surface area (Å²) in [6.07, 6.45) is 8.33. The van der Waals surface area contributed by atoms with Crippen molar-refractivity contribution in [2.24, 2.45) is 0 Å². The Labute approximate surface area is 151 Å². The zero-order valence-corrected chi connectivity index (χ0v) is 14.5. The number of likely N-dealkylation sites (tertiary alicyclic amines) is 1. The van der Waals surface area contributed by atoms with E-state index in [2.05, 4.69) is 15.2 Å². The second kappa shape index (κ2) is 6.23. The Morgan fingerprint density at radius 2 is 2.15 bits per heavy atom. The smallest absolute Gasteiger partial charge is 0.229 e. The van der Waals surface area contributed by atoms with Crippen LogP contribution in [-0.4, -0.2) is 43.7 Å². The van der Waals surface area contributed by atoms with Gasteiger partial charge in [-0.2, -0.15) is 10.1 Å². The van der Waals surface area contributed by atoms with Crippen LogP contribution in [0.2, 0.25) is 0 Å². The lowest BCUT2D eigenvalue weighted by Gasteiger charge is -2.31. The molecule has 0 radical (unpaired) electrons. The van der Waals surface area contributed by atoms with Crippen molar-refractivity contribution in [2.45, 2.75) is 43.9 Å². The molecule has 26 heavy (non-hydrogen) atoms. The first-order chi connectivity index (χ1) is 12.8. The van der Waals surface area contributed by atoms with E-state index in [0.29, 0.717) is 18.9 Å². The minimum absolute atomic E-state index is 0.138. The zero-order chi connectivity index (χ0) is 17.5. The van der Waals surface area contributed by atoms with Crippen LogP contribution in [-0.2, 0) is 11.2 Å². The van der Waals surface area contributed by atoms with E-state index in [1.807, 2.05) is 29.3 Å². The Kier molecular flexibility index (Phi) is 3.72. The van der Waals surface area contributed by atoms with E-state index >= 15 is 0 Å². The molecule has 1 unspecified atom stereocenters. The number of piperidine rings is 1. The molecule has 0 aromatic carbocycles. The Morgan fingerprint density at radius 3 is 3.04 bits per heavy atom. The van der Waals surface area contributed by atoms with E-state index in [-0.39, 0.29) is 11.8 Å². The van der Waals surface area contributed by atoms with Crippen LogP contribution < -0.4 is 0 Å². The predicted octanol–water partition coefficient (Wildman–Crippen LogP) is 2.54. The maximum Gasteiger partial charge on any atom is 0.229 e. The number of nitrogens with zero attached hydrogens (tertiary/aromatic N) is 5. The maximum absolute atomic E-state index is 12.8. The lowest BCUT2D eigenvalue weighted by molar-refractivity contribution is -0.131. The van der Waals surface area contributed by atoms with E-state index < -0.39 is 0 Å². The molecule has 2 fully saturated rings. The molecule has 134 valence electrons. The minimum Gasteiger partial charge on any atom is -0.342 e. The van der Waals surface area contributed by atoms with Crippen molar-refractivity contribution in [3.05, 3.63) is 47.9 Å². The van der Waals surface area contributed by atoms with Crippen LogP contribution in [0.25, 0.3) is 5.52 Å². The fourth-order valence-electron chi connectivity index (χ4n) is 3.72. The maximum atomic E-state index is 12.8. The molecule has 4 heterocycles. The number of carbonyl (C=O) groups excluding carboxylic acids is 1. The topological polar surface area (TPSA) is 76.5 Å². The van der Waals surface area contributed by atoms with Gasteiger partial charge in [-0.3, -0.25) is 4.79 Å². The van der Waals surface area contributed by atoms with E-state index in [1.165, 1.54) is 0 Å². The van der Waals surface area contributed by atoms with Gasteiger partial charge in [-0.05, 0) is 37.8 Å². The third-order valence-electron chi connectivity index (χ3n) is 5.37. The number of hydrogen-bond donors (Lipinski definition) is 0. The van der Waals surface area contributed by atoms with Gasteiger partial charge < -0.3 is 9.42 Å². The molecule has 1 saturated carbocycles. The third-order valence-corrected chi connectivity index (χ3v) is 5.37. The Hall–Kier alpha value is -2.70. The molecule has 7 heteroatoms. The highest BCUT2D eigenvalue weighted by atomic mass is 16.5. The number of hydrogen-bond acceptors (Lipinski definition) is 5. The van der Waals surface area contributed by atoms with E-state index in [4.69, 9.17) is 4.52 Å². The van der Waals surface area contributed by atoms with Gasteiger partial charge in [-0.15, -0.1) is 0 Å². The van der Waals surface area contributed by atoms with Crippen molar-refractivity contribution in [1.29, 1.82) is 0 Å². The third kappa shape index (κ3) is 2.87. The number of rotatable bonds is 4. The van der Waals surface area contributed by atoms with Crippen molar-refractivity contribution < 1.29 is 9.32 Å². The Balaban J connectivity index is 1.28. The molecule has 0 spiro atoms. The van der Waals surface area contributed by atoms with Crippen LogP contribution in [0.1, 0.15) is 54.8 Å². The summed E-state index contributed by atoms with van der Waals surface area (Å²) in [6, 6.07) is 5.89. The largest absolute Gasteiger partial charge is 0.342 e. The van der Waals surface area contributed by atoms with Gasteiger partial charge >= 0.3 is 0 Å². The molecule has 1 amide bonds. The Bertz CT molecular complexity index is 942. The quantitative estimate of drug-likeness (QED) is 0.722. The lowest BCUT2D eigenvalue weighted by atomic mass is 9.97. The van der Waals surface area contributed by atoms with Gasteiger partial charge in [0.15, 0.2) is 5.82 Å². The fourth-order valence-corrected chi connectivity index (χ4v) is 3.72. The standard InChI is InChI=1S/C19H21N5O2/c25-17(10-15-11-20-24-9-2-1-5-16(15)24)23-8-3-4-14(12-23)18-21-19(26-22-18)13-6-7-13/h1-2,5,9,11,13-14H,3-4,6-8,10,12H2. The number of carbonyl (C=O) groups is 1. The van der Waals surface area contributed by atoms with Gasteiger partial charge in [0.25, 0.3) is 0 Å². The molecule has 3 aromatic heterocycles. The summed E-state index contributed by atoms with van der Waals surface area (Å²) in [4.78, 5) is 19.3. The summed E-state index contributed by atoms with van der Waals surface area (Å²) in [5.74, 6) is 2.32. The van der Waals surface area contributed by atoms with Gasteiger partial charge in [0.05, 0.1) is 18.1 Å². The van der Waals surface area contributed by atoms with Crippen LogP contribution >= 0.6 is 0 Å². The molecular formula is C19H21N5O2. The van der Waals surface area contributed by atoms with Crippen LogP contribution in [0, 0.1) is 0 Å². The number of pyridine rings is 1. The average molecular weight is 351 g/mol. The SMILES string of the molecule is O=C(Cc1cnn2ccccc12)N1CCCC(c2noc(C3CC3)n2)C1. The van der Waals surface area contributed by atoms with Gasteiger partial charge in [0.2, 0.25) is 11.8 Å². The van der Waals surface area contributed by atoms with Gasteiger partial charge in [0, 0.05) is 36.7 Å². The highest BCUT2D eigenvalue weighted by Crippen LogP contribution is 2.39. The molecule has 0 N–H and O–H groups in total. The molecule has 7 nitrogen and oxygen atoms in total. The summed E-state index contributed by atoms with van der Waals surface area (Å²) in [5.41, 5.74) is 1.95. The van der Waals surface area contributed by atoms with Crippen molar-refractivity contribution in [3.8, 4) is 0 Å². The normalized spacial score (nSPS) is 20.6. The van der Waals surface area contributed by atoms with Crippen molar-refractivity contribution >= 4 is 11.4 Å². The monoisotopic (exact) mass is 351 g/mol. The van der Waals surface area contributed by atoms with Crippen LogP contribution in [0.15, 0.2) is 35.1 Å². The summed E-state index contributed by atoms with van der Waals surface area (Å²) in [7, 11) is 0. The average Bonchev–Trinajstić information content (AvgIpc) is 3.27. The molecule has 1 aliphatic heterocycles. The highest BCUT2D eigenvalue weighted by Gasteiger charge is 2.33. The fraction of sp³-hybridized carbons (Fsp3) is 0.474. The van der Waals surface area contributed by atoms with Gasteiger partial charge in [-0.1, -0.05) is 11.2 Å². The van der Waals surface area contributed by atoms with E-state index in [9.17, 15) is 4.79 Å². The number of amides is 1. The first-order valence-electron chi connectivity index (χ1n) is 9.30. The molecule has 1 atom stereocenters. The summed E-state index contributed by atoms with van der Waals surface area (Å²) in [5, 5.41) is 8.49. The molecule has 3 aromatic rings. The lowest BCUT2D eigenvalue weighted by Crippen LogP contribution is -2.40.